The number of nitrogens with one attached hydrogen (secondary N) is 2. The predicted molar refractivity (Wildman–Crippen MR) is 150 cm³/mol. The van der Waals surface area contributed by atoms with E-state index in [-0.39, 0.29) is 11.9 Å². The number of azo groups is 1. The number of aryl methyl sites for hydroxylation is 1. The van der Waals surface area contributed by atoms with Crippen LogP contribution >= 0.6 is 11.8 Å². The number of amides is 1. The minimum atomic E-state index is -0.166. The van der Waals surface area contributed by atoms with Crippen molar-refractivity contribution in [3.05, 3.63) is 78.1 Å². The lowest BCUT2D eigenvalue weighted by Gasteiger charge is -2.07. The van der Waals surface area contributed by atoms with E-state index >= 15 is 0 Å². The third-order valence-corrected chi connectivity index (χ3v) is 6.60. The third kappa shape index (κ3) is 10.1. The summed E-state index contributed by atoms with van der Waals surface area (Å²) in [5, 5.41) is 14.4. The zero-order chi connectivity index (χ0) is 26.3. The maximum atomic E-state index is 12.2. The Hall–Kier alpha value is -3.59. The highest BCUT2D eigenvalue weighted by molar-refractivity contribution is 7.98. The summed E-state index contributed by atoms with van der Waals surface area (Å²) in [6.45, 7) is 0.996. The molecule has 0 saturated heterocycles. The quantitative estimate of drug-likeness (QED) is 0.140. The fraction of sp³-hybridized carbons (Fsp3) is 0.357. The van der Waals surface area contributed by atoms with Gasteiger partial charge in [-0.2, -0.15) is 22.0 Å². The second-order valence-electron chi connectivity index (χ2n) is 8.52. The van der Waals surface area contributed by atoms with Crippen LogP contribution in [0.1, 0.15) is 41.7 Å². The molecular weight excluding hydrogens is 486 g/mol. The Bertz CT molecular complexity index is 1150. The van der Waals surface area contributed by atoms with E-state index in [1.807, 2.05) is 81.0 Å². The van der Waals surface area contributed by atoms with Crippen molar-refractivity contribution in [2.75, 3.05) is 31.3 Å². The van der Waals surface area contributed by atoms with E-state index in [9.17, 15) is 9.59 Å². The van der Waals surface area contributed by atoms with Gasteiger partial charge in [0, 0.05) is 44.8 Å². The second kappa shape index (κ2) is 15.5. The molecule has 0 radical (unpaired) electrons. The molecule has 1 heterocycles. The van der Waals surface area contributed by atoms with Crippen molar-refractivity contribution in [3.8, 4) is 0 Å². The molecule has 0 spiro atoms. The molecule has 0 unspecified atom stereocenters. The SMILES string of the molecule is CNc1cc(C(=O)NCCCCCC(=O)OCCSCc2ccc(N=Nc3ccccc3)cc2)n(C)c1. The molecule has 1 amide bonds. The van der Waals surface area contributed by atoms with E-state index in [1.165, 1.54) is 5.56 Å². The summed E-state index contributed by atoms with van der Waals surface area (Å²) in [4.78, 5) is 24.2. The summed E-state index contributed by atoms with van der Waals surface area (Å²) in [5.41, 5.74) is 4.35. The van der Waals surface area contributed by atoms with Crippen LogP contribution in [0.3, 0.4) is 0 Å². The van der Waals surface area contributed by atoms with Crippen molar-refractivity contribution in [2.24, 2.45) is 17.3 Å². The summed E-state index contributed by atoms with van der Waals surface area (Å²) < 4.78 is 7.13. The normalized spacial score (nSPS) is 11.0. The zero-order valence-corrected chi connectivity index (χ0v) is 22.3. The van der Waals surface area contributed by atoms with Crippen molar-refractivity contribution in [1.29, 1.82) is 0 Å². The molecule has 0 bridgehead atoms. The first-order valence-corrected chi connectivity index (χ1v) is 13.6. The predicted octanol–water partition coefficient (Wildman–Crippen LogP) is 6.25. The molecule has 0 aliphatic carbocycles. The summed E-state index contributed by atoms with van der Waals surface area (Å²) in [6.07, 6.45) is 4.72. The van der Waals surface area contributed by atoms with Crippen LogP contribution in [-0.4, -0.2) is 42.4 Å². The first-order chi connectivity index (χ1) is 18.0. The fourth-order valence-corrected chi connectivity index (χ4v) is 4.31. The number of carbonyl (C=O) groups is 2. The van der Waals surface area contributed by atoms with Crippen molar-refractivity contribution in [2.45, 2.75) is 31.4 Å². The van der Waals surface area contributed by atoms with Crippen LogP contribution in [0, 0.1) is 0 Å². The highest BCUT2D eigenvalue weighted by Crippen LogP contribution is 2.20. The summed E-state index contributed by atoms with van der Waals surface area (Å²) in [6, 6.07) is 19.5. The number of carbonyl (C=O) groups excluding carboxylic acids is 2. The van der Waals surface area contributed by atoms with Gasteiger partial charge in [-0.3, -0.25) is 9.59 Å². The molecule has 2 N–H and O–H groups in total. The minimum absolute atomic E-state index is 0.0922. The van der Waals surface area contributed by atoms with Gasteiger partial charge < -0.3 is 19.9 Å². The highest BCUT2D eigenvalue weighted by atomic mass is 32.2. The lowest BCUT2D eigenvalue weighted by Crippen LogP contribution is -2.26. The first-order valence-electron chi connectivity index (χ1n) is 12.5. The number of thioether (sulfide) groups is 1. The number of esters is 1. The van der Waals surface area contributed by atoms with Crippen molar-refractivity contribution in [1.82, 2.24) is 9.88 Å². The number of hydrogen-bond donors (Lipinski definition) is 2. The van der Waals surface area contributed by atoms with Crippen LogP contribution in [0.25, 0.3) is 0 Å². The number of unbranched alkanes of at least 4 members (excludes halogenated alkanes) is 2. The lowest BCUT2D eigenvalue weighted by molar-refractivity contribution is -0.143. The van der Waals surface area contributed by atoms with Gasteiger partial charge >= 0.3 is 5.97 Å². The number of aromatic nitrogens is 1. The Morgan fingerprint density at radius 2 is 1.70 bits per heavy atom. The molecule has 9 heteroatoms. The molecular formula is C28H35N5O3S. The summed E-state index contributed by atoms with van der Waals surface area (Å²) >= 11 is 1.73. The van der Waals surface area contributed by atoms with Crippen LogP contribution in [0.5, 0.6) is 0 Å². The van der Waals surface area contributed by atoms with Gasteiger partial charge in [0.2, 0.25) is 0 Å². The molecule has 0 saturated carbocycles. The molecule has 37 heavy (non-hydrogen) atoms. The number of anilines is 1. The number of ether oxygens (including phenoxy) is 1. The van der Waals surface area contributed by atoms with Gasteiger partial charge in [-0.1, -0.05) is 36.8 Å². The molecule has 3 rings (SSSR count). The van der Waals surface area contributed by atoms with E-state index in [0.29, 0.717) is 25.3 Å². The minimum Gasteiger partial charge on any atom is -0.465 e. The summed E-state index contributed by atoms with van der Waals surface area (Å²) in [7, 11) is 3.67. The molecule has 2 aromatic carbocycles. The molecule has 0 aliphatic heterocycles. The number of hydrogen-bond acceptors (Lipinski definition) is 7. The fourth-order valence-electron chi connectivity index (χ4n) is 3.54. The van der Waals surface area contributed by atoms with Gasteiger partial charge in [0.15, 0.2) is 0 Å². The first kappa shape index (κ1) is 28.0. The molecule has 0 fully saturated rings. The Labute approximate surface area is 222 Å². The Balaban J connectivity index is 1.19. The van der Waals surface area contributed by atoms with Crippen LogP contribution < -0.4 is 10.6 Å². The van der Waals surface area contributed by atoms with E-state index in [0.717, 1.165) is 47.8 Å². The molecule has 1 aromatic heterocycles. The largest absolute Gasteiger partial charge is 0.465 e. The van der Waals surface area contributed by atoms with E-state index < -0.39 is 0 Å². The summed E-state index contributed by atoms with van der Waals surface area (Å²) in [5.74, 6) is 1.34. The van der Waals surface area contributed by atoms with Crippen molar-refractivity contribution in [3.63, 3.8) is 0 Å². The number of nitrogens with zero attached hydrogens (tertiary/aromatic N) is 3. The number of benzene rings is 2. The van der Waals surface area contributed by atoms with Crippen LogP contribution in [0.15, 0.2) is 77.1 Å². The van der Waals surface area contributed by atoms with Crippen LogP contribution in [0.4, 0.5) is 17.1 Å². The maximum Gasteiger partial charge on any atom is 0.305 e. The number of rotatable bonds is 15. The van der Waals surface area contributed by atoms with Gasteiger partial charge in [-0.15, -0.1) is 0 Å². The molecule has 0 aliphatic rings. The van der Waals surface area contributed by atoms with Crippen LogP contribution in [-0.2, 0) is 22.3 Å². The molecule has 0 atom stereocenters. The van der Waals surface area contributed by atoms with Crippen LogP contribution in [0.2, 0.25) is 0 Å². The molecule has 8 nitrogen and oxygen atoms in total. The third-order valence-electron chi connectivity index (χ3n) is 5.60. The second-order valence-corrected chi connectivity index (χ2v) is 9.62. The Kier molecular flexibility index (Phi) is 11.7. The van der Waals surface area contributed by atoms with Gasteiger partial charge in [0.05, 0.1) is 17.1 Å². The Morgan fingerprint density at radius 3 is 2.41 bits per heavy atom. The zero-order valence-electron chi connectivity index (χ0n) is 21.5. The molecule has 196 valence electrons. The van der Waals surface area contributed by atoms with E-state index in [2.05, 4.69) is 20.9 Å². The van der Waals surface area contributed by atoms with E-state index in [4.69, 9.17) is 4.74 Å². The maximum absolute atomic E-state index is 12.2. The van der Waals surface area contributed by atoms with Crippen molar-refractivity contribution < 1.29 is 14.3 Å². The van der Waals surface area contributed by atoms with Gasteiger partial charge in [-0.05, 0) is 48.7 Å². The van der Waals surface area contributed by atoms with Gasteiger partial charge in [-0.25, -0.2) is 0 Å². The van der Waals surface area contributed by atoms with Gasteiger partial charge in [0.1, 0.15) is 12.3 Å². The van der Waals surface area contributed by atoms with Gasteiger partial charge in [0.25, 0.3) is 5.91 Å². The lowest BCUT2D eigenvalue weighted by atomic mass is 10.2. The Morgan fingerprint density at radius 1 is 0.973 bits per heavy atom. The average molecular weight is 522 g/mol. The monoisotopic (exact) mass is 521 g/mol. The van der Waals surface area contributed by atoms with Crippen molar-refractivity contribution >= 4 is 40.7 Å². The molecule has 3 aromatic rings. The standard InChI is InChI=1S/C28H35N5O3S/c1-29-25-19-26(33(2)20-25)28(35)30-16-8-4-7-11-27(34)36-17-18-37-21-22-12-14-24(15-13-22)32-31-23-9-5-3-6-10-23/h3,5-6,9-10,12-15,19-20,29H,4,7-8,11,16-18,21H2,1-2H3,(H,30,35). The topological polar surface area (TPSA) is 97.1 Å². The average Bonchev–Trinajstić information content (AvgIpc) is 3.31. The highest BCUT2D eigenvalue weighted by Gasteiger charge is 2.10. The van der Waals surface area contributed by atoms with E-state index in [1.54, 1.807) is 16.3 Å². The smallest absolute Gasteiger partial charge is 0.305 e.